The number of carboxylic acid groups (broad SMARTS) is 1. The van der Waals surface area contributed by atoms with Gasteiger partial charge >= 0.3 is 5.97 Å². The van der Waals surface area contributed by atoms with E-state index in [2.05, 4.69) is 4.98 Å². The molecule has 2 atom stereocenters. The maximum atomic E-state index is 12.7. The molecule has 0 aliphatic heterocycles. The van der Waals surface area contributed by atoms with Crippen LogP contribution in [0, 0.1) is 11.7 Å². The van der Waals surface area contributed by atoms with Crippen molar-refractivity contribution in [2.75, 3.05) is 0 Å². The number of aliphatic carboxylic acids is 1. The van der Waals surface area contributed by atoms with Gasteiger partial charge in [-0.25, -0.2) is 4.39 Å². The van der Waals surface area contributed by atoms with Gasteiger partial charge in [-0.05, 0) is 24.0 Å². The largest absolute Gasteiger partial charge is 0.481 e. The molecule has 1 heterocycles. The Morgan fingerprint density at radius 3 is 2.92 bits per heavy atom. The molecule has 1 aliphatic rings. The lowest BCUT2D eigenvalue weighted by Gasteiger charge is -1.96. The second-order valence-corrected chi connectivity index (χ2v) is 3.22. The topological polar surface area (TPSA) is 50.2 Å². The van der Waals surface area contributed by atoms with Crippen LogP contribution in [0.3, 0.4) is 0 Å². The molecule has 1 fully saturated rings. The van der Waals surface area contributed by atoms with E-state index in [1.54, 1.807) is 0 Å². The number of nitrogens with zero attached hydrogens (tertiary/aromatic N) is 1. The molecule has 4 heteroatoms. The van der Waals surface area contributed by atoms with Crippen molar-refractivity contribution < 1.29 is 14.3 Å². The second kappa shape index (κ2) is 2.80. The number of pyridine rings is 1. The van der Waals surface area contributed by atoms with Gasteiger partial charge in [-0.1, -0.05) is 0 Å². The van der Waals surface area contributed by atoms with E-state index in [1.807, 2.05) is 0 Å². The fraction of sp³-hybridized carbons (Fsp3) is 0.333. The van der Waals surface area contributed by atoms with Gasteiger partial charge in [-0.15, -0.1) is 0 Å². The minimum atomic E-state index is -0.811. The van der Waals surface area contributed by atoms with Gasteiger partial charge in [0, 0.05) is 6.20 Å². The Morgan fingerprint density at radius 2 is 2.38 bits per heavy atom. The number of hydrogen-bond acceptors (Lipinski definition) is 2. The first-order valence-corrected chi connectivity index (χ1v) is 4.01. The Kier molecular flexibility index (Phi) is 1.76. The van der Waals surface area contributed by atoms with Crippen molar-refractivity contribution in [3.8, 4) is 0 Å². The van der Waals surface area contributed by atoms with Gasteiger partial charge in [0.15, 0.2) is 0 Å². The van der Waals surface area contributed by atoms with E-state index in [0.29, 0.717) is 12.0 Å². The number of carboxylic acids is 1. The highest BCUT2D eigenvalue weighted by atomic mass is 19.1. The molecule has 0 aromatic carbocycles. The third-order valence-corrected chi connectivity index (χ3v) is 2.26. The Balaban J connectivity index is 2.16. The molecule has 1 aromatic rings. The van der Waals surface area contributed by atoms with Crippen LogP contribution < -0.4 is 0 Å². The molecule has 68 valence electrons. The molecule has 1 N–H and O–H groups in total. The number of aromatic nitrogens is 1. The Bertz CT molecular complexity index is 353. The molecule has 0 bridgehead atoms. The standard InChI is InChI=1S/C9H8FNO2/c10-6-1-5(3-11-4-6)7-2-8(7)9(12)13/h1,3-4,7-8H,2H2,(H,12,13). The first-order valence-electron chi connectivity index (χ1n) is 4.01. The predicted molar refractivity (Wildman–Crippen MR) is 42.7 cm³/mol. The molecule has 13 heavy (non-hydrogen) atoms. The Morgan fingerprint density at radius 1 is 1.62 bits per heavy atom. The van der Waals surface area contributed by atoms with E-state index < -0.39 is 11.8 Å². The lowest BCUT2D eigenvalue weighted by atomic mass is 10.1. The van der Waals surface area contributed by atoms with Crippen LogP contribution in [-0.2, 0) is 4.79 Å². The molecule has 2 unspecified atom stereocenters. The van der Waals surface area contributed by atoms with Gasteiger partial charge in [-0.2, -0.15) is 0 Å². The molecular weight excluding hydrogens is 173 g/mol. The van der Waals surface area contributed by atoms with Gasteiger partial charge in [0.05, 0.1) is 12.1 Å². The fourth-order valence-corrected chi connectivity index (χ4v) is 1.47. The van der Waals surface area contributed by atoms with Crippen LogP contribution in [0.5, 0.6) is 0 Å². The minimum Gasteiger partial charge on any atom is -0.481 e. The van der Waals surface area contributed by atoms with E-state index in [4.69, 9.17) is 5.11 Å². The maximum Gasteiger partial charge on any atom is 0.307 e. The molecule has 1 aliphatic carbocycles. The Hall–Kier alpha value is -1.45. The SMILES string of the molecule is O=C(O)C1CC1c1cncc(F)c1. The highest BCUT2D eigenvalue weighted by Gasteiger charge is 2.44. The van der Waals surface area contributed by atoms with Gasteiger partial charge in [0.2, 0.25) is 0 Å². The molecule has 0 amide bonds. The average molecular weight is 181 g/mol. The van der Waals surface area contributed by atoms with Gasteiger partial charge < -0.3 is 5.11 Å². The number of hydrogen-bond donors (Lipinski definition) is 1. The number of rotatable bonds is 2. The van der Waals surface area contributed by atoms with Crippen molar-refractivity contribution in [2.45, 2.75) is 12.3 Å². The van der Waals surface area contributed by atoms with Crippen molar-refractivity contribution in [1.29, 1.82) is 0 Å². The minimum absolute atomic E-state index is 0.0410. The van der Waals surface area contributed by atoms with E-state index in [9.17, 15) is 9.18 Å². The normalized spacial score (nSPS) is 25.6. The van der Waals surface area contributed by atoms with E-state index >= 15 is 0 Å². The maximum absolute atomic E-state index is 12.7. The number of carbonyl (C=O) groups is 1. The van der Waals surface area contributed by atoms with Crippen molar-refractivity contribution in [3.05, 3.63) is 29.8 Å². The van der Waals surface area contributed by atoms with Crippen LogP contribution in [0.1, 0.15) is 17.9 Å². The summed E-state index contributed by atoms with van der Waals surface area (Å²) in [5.74, 6) is -1.60. The van der Waals surface area contributed by atoms with Gasteiger partial charge in [0.1, 0.15) is 5.82 Å². The quantitative estimate of drug-likeness (QED) is 0.750. The third kappa shape index (κ3) is 1.52. The lowest BCUT2D eigenvalue weighted by molar-refractivity contribution is -0.138. The number of halogens is 1. The Labute approximate surface area is 74.2 Å². The third-order valence-electron chi connectivity index (χ3n) is 2.26. The monoisotopic (exact) mass is 181 g/mol. The summed E-state index contributed by atoms with van der Waals surface area (Å²) in [5, 5.41) is 8.64. The van der Waals surface area contributed by atoms with Crippen LogP contribution in [-0.4, -0.2) is 16.1 Å². The molecule has 1 aromatic heterocycles. The summed E-state index contributed by atoms with van der Waals surface area (Å²) in [6.45, 7) is 0. The molecule has 0 saturated heterocycles. The molecule has 1 saturated carbocycles. The average Bonchev–Trinajstić information content (AvgIpc) is 2.82. The second-order valence-electron chi connectivity index (χ2n) is 3.22. The van der Waals surface area contributed by atoms with Crippen molar-refractivity contribution in [3.63, 3.8) is 0 Å². The molecule has 3 nitrogen and oxygen atoms in total. The lowest BCUT2D eigenvalue weighted by Crippen LogP contribution is -1.99. The molecule has 0 radical (unpaired) electrons. The predicted octanol–water partition coefficient (Wildman–Crippen LogP) is 1.41. The van der Waals surface area contributed by atoms with Crippen molar-refractivity contribution >= 4 is 5.97 Å². The zero-order chi connectivity index (χ0) is 9.42. The van der Waals surface area contributed by atoms with E-state index in [-0.39, 0.29) is 11.8 Å². The zero-order valence-electron chi connectivity index (χ0n) is 6.77. The van der Waals surface area contributed by atoms with E-state index in [0.717, 1.165) is 6.20 Å². The van der Waals surface area contributed by atoms with Gasteiger partial charge in [0.25, 0.3) is 0 Å². The van der Waals surface area contributed by atoms with Crippen molar-refractivity contribution in [2.24, 2.45) is 5.92 Å². The molecular formula is C9H8FNO2. The summed E-state index contributed by atoms with van der Waals surface area (Å²) in [6.07, 6.45) is 3.23. The van der Waals surface area contributed by atoms with E-state index in [1.165, 1.54) is 12.3 Å². The fourth-order valence-electron chi connectivity index (χ4n) is 1.47. The summed E-state index contributed by atoms with van der Waals surface area (Å²) >= 11 is 0. The smallest absolute Gasteiger partial charge is 0.307 e. The van der Waals surface area contributed by atoms with Crippen LogP contribution in [0.4, 0.5) is 4.39 Å². The molecule has 0 spiro atoms. The zero-order valence-corrected chi connectivity index (χ0v) is 6.77. The molecule has 2 rings (SSSR count). The van der Waals surface area contributed by atoms with Crippen molar-refractivity contribution in [1.82, 2.24) is 4.98 Å². The first-order chi connectivity index (χ1) is 6.18. The summed E-state index contributed by atoms with van der Waals surface area (Å²) in [7, 11) is 0. The highest BCUT2D eigenvalue weighted by Crippen LogP contribution is 2.47. The van der Waals surface area contributed by atoms with Crippen LogP contribution in [0.2, 0.25) is 0 Å². The summed E-state index contributed by atoms with van der Waals surface area (Å²) in [6, 6.07) is 1.35. The first kappa shape index (κ1) is 8.16. The van der Waals surface area contributed by atoms with Crippen LogP contribution in [0.25, 0.3) is 0 Å². The van der Waals surface area contributed by atoms with Crippen LogP contribution >= 0.6 is 0 Å². The summed E-state index contributed by atoms with van der Waals surface area (Å²) < 4.78 is 12.7. The van der Waals surface area contributed by atoms with Crippen LogP contribution in [0.15, 0.2) is 18.5 Å². The summed E-state index contributed by atoms with van der Waals surface area (Å²) in [4.78, 5) is 14.2. The highest BCUT2D eigenvalue weighted by molar-refractivity contribution is 5.75. The summed E-state index contributed by atoms with van der Waals surface area (Å²) in [5.41, 5.74) is 0.687. The van der Waals surface area contributed by atoms with Gasteiger partial charge in [-0.3, -0.25) is 9.78 Å².